The fourth-order valence-electron chi connectivity index (χ4n) is 1.45. The van der Waals surface area contributed by atoms with Crippen molar-refractivity contribution in [2.75, 3.05) is 24.7 Å². The molecule has 0 bridgehead atoms. The van der Waals surface area contributed by atoms with Crippen LogP contribution >= 0.6 is 23.4 Å². The fraction of sp³-hybridized carbons (Fsp3) is 0.273. The molecule has 1 aromatic rings. The number of benzene rings is 1. The Morgan fingerprint density at radius 3 is 3.00 bits per heavy atom. The Balaban J connectivity index is 2.06. The molecule has 1 aromatic carbocycles. The maximum atomic E-state index is 11.8. The molecule has 0 atom stereocenters. The van der Waals surface area contributed by atoms with Gasteiger partial charge in [0, 0.05) is 5.75 Å². The van der Waals surface area contributed by atoms with Crippen molar-refractivity contribution in [2.24, 2.45) is 4.99 Å². The molecule has 0 fully saturated rings. The number of carbonyl (C=O) groups excluding carboxylic acids is 1. The Labute approximate surface area is 114 Å². The molecule has 0 aromatic heterocycles. The number of halogens is 1. The van der Waals surface area contributed by atoms with Gasteiger partial charge in [-0.05, 0) is 12.1 Å². The second-order valence-corrected chi connectivity index (χ2v) is 4.92. The second kappa shape index (κ2) is 5.97. The SMILES string of the molecule is COc1cccc(Cl)c1NC(=O)NC1=NCCS1. The van der Waals surface area contributed by atoms with Crippen LogP contribution in [0, 0.1) is 0 Å². The first-order valence-corrected chi connectivity index (χ1v) is 6.65. The van der Waals surface area contributed by atoms with E-state index in [2.05, 4.69) is 15.6 Å². The van der Waals surface area contributed by atoms with Gasteiger partial charge in [0.15, 0.2) is 5.17 Å². The highest BCUT2D eigenvalue weighted by Gasteiger charge is 2.14. The van der Waals surface area contributed by atoms with Crippen LogP contribution in [-0.4, -0.2) is 30.6 Å². The highest BCUT2D eigenvalue weighted by Crippen LogP contribution is 2.31. The van der Waals surface area contributed by atoms with Gasteiger partial charge in [0.2, 0.25) is 0 Å². The van der Waals surface area contributed by atoms with Crippen molar-refractivity contribution in [3.63, 3.8) is 0 Å². The van der Waals surface area contributed by atoms with E-state index in [4.69, 9.17) is 16.3 Å². The number of ether oxygens (including phenoxy) is 1. The van der Waals surface area contributed by atoms with Gasteiger partial charge in [-0.1, -0.05) is 29.4 Å². The topological polar surface area (TPSA) is 62.7 Å². The van der Waals surface area contributed by atoms with Gasteiger partial charge in [-0.3, -0.25) is 10.3 Å². The summed E-state index contributed by atoms with van der Waals surface area (Å²) in [4.78, 5) is 15.9. The van der Waals surface area contributed by atoms with E-state index in [1.165, 1.54) is 18.9 Å². The number of aliphatic imine (C=N–C) groups is 1. The zero-order valence-corrected chi connectivity index (χ0v) is 11.3. The van der Waals surface area contributed by atoms with Gasteiger partial charge in [0.25, 0.3) is 0 Å². The number of anilines is 1. The van der Waals surface area contributed by atoms with Crippen LogP contribution in [0.15, 0.2) is 23.2 Å². The molecule has 96 valence electrons. The summed E-state index contributed by atoms with van der Waals surface area (Å²) in [6.45, 7) is 0.732. The molecule has 2 N–H and O–H groups in total. The first-order valence-electron chi connectivity index (χ1n) is 5.28. The number of para-hydroxylation sites is 1. The second-order valence-electron chi connectivity index (χ2n) is 3.43. The van der Waals surface area contributed by atoms with E-state index in [0.717, 1.165) is 12.3 Å². The minimum atomic E-state index is -0.380. The van der Waals surface area contributed by atoms with Crippen molar-refractivity contribution in [3.05, 3.63) is 23.2 Å². The van der Waals surface area contributed by atoms with Gasteiger partial charge in [-0.2, -0.15) is 0 Å². The molecule has 2 amide bonds. The van der Waals surface area contributed by atoms with Crippen LogP contribution < -0.4 is 15.4 Å². The number of amidine groups is 1. The molecule has 1 aliphatic heterocycles. The van der Waals surface area contributed by atoms with Gasteiger partial charge in [0.05, 0.1) is 18.7 Å². The minimum Gasteiger partial charge on any atom is -0.495 e. The largest absolute Gasteiger partial charge is 0.495 e. The fourth-order valence-corrected chi connectivity index (χ4v) is 2.38. The molecule has 18 heavy (non-hydrogen) atoms. The summed E-state index contributed by atoms with van der Waals surface area (Å²) < 4.78 is 5.13. The number of carbonyl (C=O) groups is 1. The third kappa shape index (κ3) is 3.08. The van der Waals surface area contributed by atoms with Crippen LogP contribution in [0.2, 0.25) is 5.02 Å². The predicted octanol–water partition coefficient (Wildman–Crippen LogP) is 2.57. The van der Waals surface area contributed by atoms with Crippen LogP contribution in [0.25, 0.3) is 0 Å². The molecule has 1 aliphatic rings. The van der Waals surface area contributed by atoms with E-state index in [-0.39, 0.29) is 6.03 Å². The van der Waals surface area contributed by atoms with Crippen molar-refractivity contribution in [3.8, 4) is 5.75 Å². The Hall–Kier alpha value is -1.40. The number of urea groups is 1. The first kappa shape index (κ1) is 13.0. The van der Waals surface area contributed by atoms with E-state index in [0.29, 0.717) is 21.6 Å². The van der Waals surface area contributed by atoms with Crippen LogP contribution in [0.5, 0.6) is 5.75 Å². The molecule has 2 rings (SSSR count). The molecule has 0 aliphatic carbocycles. The van der Waals surface area contributed by atoms with Gasteiger partial charge in [0.1, 0.15) is 11.4 Å². The minimum absolute atomic E-state index is 0.380. The van der Waals surface area contributed by atoms with Crippen LogP contribution in [0.4, 0.5) is 10.5 Å². The number of methoxy groups -OCH3 is 1. The number of nitrogens with one attached hydrogen (secondary N) is 2. The number of hydrogen-bond donors (Lipinski definition) is 2. The lowest BCUT2D eigenvalue weighted by Gasteiger charge is -2.12. The molecule has 0 saturated heterocycles. The molecule has 0 radical (unpaired) electrons. The average Bonchev–Trinajstić information content (AvgIpc) is 2.84. The Morgan fingerprint density at radius 1 is 1.50 bits per heavy atom. The zero-order valence-electron chi connectivity index (χ0n) is 9.70. The lowest BCUT2D eigenvalue weighted by molar-refractivity contribution is 0.256. The summed E-state index contributed by atoms with van der Waals surface area (Å²) in [7, 11) is 1.52. The predicted molar refractivity (Wildman–Crippen MR) is 74.9 cm³/mol. The van der Waals surface area contributed by atoms with E-state index in [1.807, 2.05) is 0 Å². The van der Waals surface area contributed by atoms with E-state index in [1.54, 1.807) is 18.2 Å². The van der Waals surface area contributed by atoms with Gasteiger partial charge in [-0.15, -0.1) is 0 Å². The lowest BCUT2D eigenvalue weighted by atomic mass is 10.3. The van der Waals surface area contributed by atoms with E-state index < -0.39 is 0 Å². The standard InChI is InChI=1S/C11H12ClN3O2S/c1-17-8-4-2-3-7(12)9(8)14-10(16)15-11-13-5-6-18-11/h2-4H,5-6H2,1H3,(H2,13,14,15,16). The summed E-state index contributed by atoms with van der Waals surface area (Å²) in [5.41, 5.74) is 0.447. The molecular formula is C11H12ClN3O2S. The number of nitrogens with zero attached hydrogens (tertiary/aromatic N) is 1. The quantitative estimate of drug-likeness (QED) is 0.878. The number of amides is 2. The molecule has 0 spiro atoms. The zero-order chi connectivity index (χ0) is 13.0. The summed E-state index contributed by atoms with van der Waals surface area (Å²) in [6.07, 6.45) is 0. The van der Waals surface area contributed by atoms with Gasteiger partial charge >= 0.3 is 6.03 Å². The Bertz CT molecular complexity index is 493. The first-order chi connectivity index (χ1) is 8.70. The number of rotatable bonds is 2. The summed E-state index contributed by atoms with van der Waals surface area (Å²) in [5, 5.41) is 6.36. The third-order valence-electron chi connectivity index (χ3n) is 2.24. The van der Waals surface area contributed by atoms with E-state index in [9.17, 15) is 4.79 Å². The van der Waals surface area contributed by atoms with Crippen LogP contribution in [-0.2, 0) is 0 Å². The molecule has 7 heteroatoms. The summed E-state index contributed by atoms with van der Waals surface area (Å²) in [6, 6.07) is 4.78. The van der Waals surface area contributed by atoms with Crippen molar-refractivity contribution in [2.45, 2.75) is 0 Å². The average molecular weight is 286 g/mol. The number of thioether (sulfide) groups is 1. The summed E-state index contributed by atoms with van der Waals surface area (Å²) >= 11 is 7.52. The van der Waals surface area contributed by atoms with Gasteiger partial charge in [-0.25, -0.2) is 4.79 Å². The van der Waals surface area contributed by atoms with Crippen LogP contribution in [0.1, 0.15) is 0 Å². The van der Waals surface area contributed by atoms with E-state index >= 15 is 0 Å². The smallest absolute Gasteiger partial charge is 0.325 e. The highest BCUT2D eigenvalue weighted by molar-refractivity contribution is 8.14. The third-order valence-corrected chi connectivity index (χ3v) is 3.45. The molecule has 5 nitrogen and oxygen atoms in total. The molecular weight excluding hydrogens is 274 g/mol. The Morgan fingerprint density at radius 2 is 2.33 bits per heavy atom. The molecule has 0 saturated carbocycles. The van der Waals surface area contributed by atoms with Crippen molar-refractivity contribution in [1.29, 1.82) is 0 Å². The van der Waals surface area contributed by atoms with Gasteiger partial charge < -0.3 is 10.1 Å². The molecule has 0 unspecified atom stereocenters. The maximum absolute atomic E-state index is 11.8. The highest BCUT2D eigenvalue weighted by atomic mass is 35.5. The van der Waals surface area contributed by atoms with Crippen molar-refractivity contribution < 1.29 is 9.53 Å². The normalized spacial score (nSPS) is 14.0. The summed E-state index contributed by atoms with van der Waals surface area (Å²) in [5.74, 6) is 1.41. The monoisotopic (exact) mass is 285 g/mol. The Kier molecular flexibility index (Phi) is 4.33. The van der Waals surface area contributed by atoms with Crippen LogP contribution in [0.3, 0.4) is 0 Å². The maximum Gasteiger partial charge on any atom is 0.325 e. The number of hydrogen-bond acceptors (Lipinski definition) is 4. The van der Waals surface area contributed by atoms with Crippen molar-refractivity contribution in [1.82, 2.24) is 5.32 Å². The van der Waals surface area contributed by atoms with Crippen molar-refractivity contribution >= 4 is 40.2 Å². The molecule has 1 heterocycles. The lowest BCUT2D eigenvalue weighted by Crippen LogP contribution is -2.32.